The predicted octanol–water partition coefficient (Wildman–Crippen LogP) is 1.57. The van der Waals surface area contributed by atoms with Gasteiger partial charge in [-0.1, -0.05) is 6.92 Å². The van der Waals surface area contributed by atoms with Crippen LogP contribution in [0.2, 0.25) is 0 Å². The van der Waals surface area contributed by atoms with Gasteiger partial charge in [-0.2, -0.15) is 0 Å². The molecule has 0 radical (unpaired) electrons. The van der Waals surface area contributed by atoms with Gasteiger partial charge >= 0.3 is 5.97 Å². The van der Waals surface area contributed by atoms with Crippen molar-refractivity contribution >= 4 is 5.97 Å². The summed E-state index contributed by atoms with van der Waals surface area (Å²) in [5.74, 6) is 0.102. The first-order chi connectivity index (χ1) is 8.90. The van der Waals surface area contributed by atoms with Gasteiger partial charge in [0, 0.05) is 17.9 Å². The summed E-state index contributed by atoms with van der Waals surface area (Å²) in [5, 5.41) is 10.2. The van der Waals surface area contributed by atoms with Gasteiger partial charge in [-0.05, 0) is 32.3 Å². The second-order valence-corrected chi connectivity index (χ2v) is 6.83. The normalized spacial score (nSPS) is 55.3. The Morgan fingerprint density at radius 2 is 2.16 bits per heavy atom. The van der Waals surface area contributed by atoms with Crippen LogP contribution in [-0.2, 0) is 14.3 Å². The molecular formula is C15H20O4. The van der Waals surface area contributed by atoms with Crippen molar-refractivity contribution in [2.45, 2.75) is 63.4 Å². The molecular weight excluding hydrogens is 244 g/mol. The number of epoxide rings is 1. The van der Waals surface area contributed by atoms with Crippen molar-refractivity contribution < 1.29 is 19.4 Å². The zero-order valence-electron chi connectivity index (χ0n) is 11.6. The molecule has 2 aliphatic heterocycles. The van der Waals surface area contributed by atoms with E-state index < -0.39 is 6.10 Å². The monoisotopic (exact) mass is 264 g/mol. The standard InChI is InChI=1S/C15H20O4/c1-7-9-4-5-14(3)15(19-14)6-10(16)8(2)11(15)12(9)18-13(7)17/h7,9-10,12,16H,4-6H2,1-3H3/t7-,9-,10-,12-,14+,15-/m0/s1. The average molecular weight is 264 g/mol. The Morgan fingerprint density at radius 1 is 1.42 bits per heavy atom. The number of rotatable bonds is 0. The highest BCUT2D eigenvalue weighted by atomic mass is 16.6. The third-order valence-corrected chi connectivity index (χ3v) is 5.94. The van der Waals surface area contributed by atoms with Gasteiger partial charge in [-0.15, -0.1) is 0 Å². The van der Waals surface area contributed by atoms with Gasteiger partial charge in [0.1, 0.15) is 11.7 Å². The summed E-state index contributed by atoms with van der Waals surface area (Å²) < 4.78 is 11.7. The van der Waals surface area contributed by atoms with Crippen LogP contribution in [-0.4, -0.2) is 34.5 Å². The number of hydrogen-bond acceptors (Lipinski definition) is 4. The highest BCUT2D eigenvalue weighted by molar-refractivity contribution is 5.76. The molecule has 1 N–H and O–H groups in total. The molecule has 2 aliphatic carbocycles. The van der Waals surface area contributed by atoms with Crippen LogP contribution in [0.3, 0.4) is 0 Å². The average Bonchev–Trinajstić information content (AvgIpc) is 2.72. The summed E-state index contributed by atoms with van der Waals surface area (Å²) >= 11 is 0. The molecule has 4 heteroatoms. The summed E-state index contributed by atoms with van der Waals surface area (Å²) in [6, 6.07) is 0. The van der Waals surface area contributed by atoms with E-state index in [4.69, 9.17) is 9.47 Å². The summed E-state index contributed by atoms with van der Waals surface area (Å²) in [5.41, 5.74) is 1.50. The van der Waals surface area contributed by atoms with E-state index in [2.05, 4.69) is 6.92 Å². The van der Waals surface area contributed by atoms with Gasteiger partial charge in [-0.25, -0.2) is 0 Å². The molecule has 2 heterocycles. The van der Waals surface area contributed by atoms with E-state index in [0.29, 0.717) is 6.42 Å². The fraction of sp³-hybridized carbons (Fsp3) is 0.800. The Morgan fingerprint density at radius 3 is 2.89 bits per heavy atom. The van der Waals surface area contributed by atoms with Crippen LogP contribution in [0.1, 0.15) is 40.0 Å². The van der Waals surface area contributed by atoms with Crippen LogP contribution in [0.4, 0.5) is 0 Å². The minimum Gasteiger partial charge on any atom is -0.457 e. The zero-order chi connectivity index (χ0) is 13.6. The Kier molecular flexibility index (Phi) is 2.03. The fourth-order valence-corrected chi connectivity index (χ4v) is 4.57. The molecule has 0 aromatic carbocycles. The van der Waals surface area contributed by atoms with Gasteiger partial charge in [-0.3, -0.25) is 4.79 Å². The highest BCUT2D eigenvalue weighted by Gasteiger charge is 2.75. The second-order valence-electron chi connectivity index (χ2n) is 6.83. The van der Waals surface area contributed by atoms with Crippen molar-refractivity contribution in [2.75, 3.05) is 0 Å². The van der Waals surface area contributed by atoms with E-state index in [9.17, 15) is 9.90 Å². The van der Waals surface area contributed by atoms with Gasteiger partial charge in [0.2, 0.25) is 0 Å². The van der Waals surface area contributed by atoms with Crippen LogP contribution < -0.4 is 0 Å². The molecule has 2 saturated heterocycles. The molecule has 0 aromatic heterocycles. The van der Waals surface area contributed by atoms with Crippen LogP contribution in [0.5, 0.6) is 0 Å². The minimum absolute atomic E-state index is 0.0406. The molecule has 0 aromatic rings. The molecule has 104 valence electrons. The molecule has 0 unspecified atom stereocenters. The topological polar surface area (TPSA) is 59.1 Å². The summed E-state index contributed by atoms with van der Waals surface area (Å²) in [4.78, 5) is 11.9. The van der Waals surface area contributed by atoms with Crippen molar-refractivity contribution in [3.63, 3.8) is 0 Å². The number of hydrogen-bond donors (Lipinski definition) is 1. The van der Waals surface area contributed by atoms with Crippen molar-refractivity contribution in [3.05, 3.63) is 11.1 Å². The third kappa shape index (κ3) is 1.20. The lowest BCUT2D eigenvalue weighted by atomic mass is 9.83. The van der Waals surface area contributed by atoms with Crippen molar-refractivity contribution in [1.29, 1.82) is 0 Å². The fourth-order valence-electron chi connectivity index (χ4n) is 4.57. The van der Waals surface area contributed by atoms with E-state index in [1.165, 1.54) is 0 Å². The molecule has 1 saturated carbocycles. The third-order valence-electron chi connectivity index (χ3n) is 5.94. The number of aliphatic hydroxyl groups excluding tert-OH is 1. The zero-order valence-corrected chi connectivity index (χ0v) is 11.6. The predicted molar refractivity (Wildman–Crippen MR) is 67.3 cm³/mol. The maximum Gasteiger partial charge on any atom is 0.309 e. The van der Waals surface area contributed by atoms with Crippen molar-refractivity contribution in [2.24, 2.45) is 11.8 Å². The molecule has 4 nitrogen and oxygen atoms in total. The molecule has 6 atom stereocenters. The van der Waals surface area contributed by atoms with Crippen LogP contribution in [0.25, 0.3) is 0 Å². The van der Waals surface area contributed by atoms with E-state index in [1.54, 1.807) is 0 Å². The summed E-state index contributed by atoms with van der Waals surface area (Å²) in [7, 11) is 0. The Balaban J connectivity index is 1.85. The number of esters is 1. The van der Waals surface area contributed by atoms with E-state index in [0.717, 1.165) is 24.0 Å². The number of fused-ring (bicyclic) bond motifs is 2. The lowest BCUT2D eigenvalue weighted by Crippen LogP contribution is -2.29. The maximum absolute atomic E-state index is 11.9. The molecule has 0 amide bonds. The summed E-state index contributed by atoms with van der Waals surface area (Å²) in [6.07, 6.45) is 1.90. The smallest absolute Gasteiger partial charge is 0.309 e. The Labute approximate surface area is 112 Å². The van der Waals surface area contributed by atoms with E-state index in [1.807, 2.05) is 13.8 Å². The molecule has 19 heavy (non-hydrogen) atoms. The van der Waals surface area contributed by atoms with Crippen molar-refractivity contribution in [1.82, 2.24) is 0 Å². The summed E-state index contributed by atoms with van der Waals surface area (Å²) in [6.45, 7) is 6.04. The number of carbonyl (C=O) groups is 1. The molecule has 4 aliphatic rings. The van der Waals surface area contributed by atoms with Crippen molar-refractivity contribution in [3.8, 4) is 0 Å². The van der Waals surface area contributed by atoms with Crippen LogP contribution in [0.15, 0.2) is 11.1 Å². The Hall–Kier alpha value is -0.870. The van der Waals surface area contributed by atoms with Gasteiger partial charge < -0.3 is 14.6 Å². The van der Waals surface area contributed by atoms with Crippen LogP contribution >= 0.6 is 0 Å². The number of ether oxygens (including phenoxy) is 2. The van der Waals surface area contributed by atoms with Crippen LogP contribution in [0, 0.1) is 11.8 Å². The lowest BCUT2D eigenvalue weighted by molar-refractivity contribution is -0.143. The minimum atomic E-state index is -0.454. The maximum atomic E-state index is 11.9. The van der Waals surface area contributed by atoms with Gasteiger partial charge in [0.25, 0.3) is 0 Å². The first-order valence-corrected chi connectivity index (χ1v) is 7.19. The number of aliphatic hydroxyl groups is 1. The quantitative estimate of drug-likeness (QED) is 0.410. The lowest BCUT2D eigenvalue weighted by Gasteiger charge is -2.21. The largest absolute Gasteiger partial charge is 0.457 e. The highest BCUT2D eigenvalue weighted by Crippen LogP contribution is 2.66. The number of carbonyl (C=O) groups excluding carboxylic acids is 1. The van der Waals surface area contributed by atoms with E-state index in [-0.39, 0.29) is 35.1 Å². The van der Waals surface area contributed by atoms with Gasteiger partial charge in [0.15, 0.2) is 0 Å². The molecule has 0 bridgehead atoms. The SMILES string of the molecule is CC1=C2[C@H]3OC(=O)[C@@H](C)[C@@H]3CC[C@@]3(C)O[C@@]23C[C@@H]1O. The van der Waals surface area contributed by atoms with E-state index >= 15 is 0 Å². The second kappa shape index (κ2) is 3.23. The molecule has 3 fully saturated rings. The first kappa shape index (κ1) is 11.9. The first-order valence-electron chi connectivity index (χ1n) is 7.19. The molecule has 1 spiro atoms. The van der Waals surface area contributed by atoms with Gasteiger partial charge in [0.05, 0.1) is 17.6 Å². The molecule has 4 rings (SSSR count). The Bertz CT molecular complexity index is 510.